The van der Waals surface area contributed by atoms with Crippen LogP contribution >= 0.6 is 0 Å². The summed E-state index contributed by atoms with van der Waals surface area (Å²) < 4.78 is 10.6. The van der Waals surface area contributed by atoms with Gasteiger partial charge in [-0.05, 0) is 17.7 Å². The number of hydrogen-bond acceptors (Lipinski definition) is 5. The molecule has 7 nitrogen and oxygen atoms in total. The molecule has 2 aliphatic heterocycles. The summed E-state index contributed by atoms with van der Waals surface area (Å²) in [6.07, 6.45) is -0.338. The number of carbonyl (C=O) groups excluding carboxylic acids is 2. The number of amides is 2. The Morgan fingerprint density at radius 1 is 1.36 bits per heavy atom. The van der Waals surface area contributed by atoms with Crippen molar-refractivity contribution < 1.29 is 19.1 Å². The Morgan fingerprint density at radius 3 is 2.82 bits per heavy atom. The minimum atomic E-state index is -0.416. The summed E-state index contributed by atoms with van der Waals surface area (Å²) in [4.78, 5) is 22.5. The van der Waals surface area contributed by atoms with Crippen LogP contribution in [0.2, 0.25) is 0 Å². The molecule has 3 rings (SSSR count). The number of carbonyl (C=O) groups is 2. The lowest BCUT2D eigenvalue weighted by molar-refractivity contribution is -0.121. The van der Waals surface area contributed by atoms with Gasteiger partial charge >= 0.3 is 6.09 Å². The van der Waals surface area contributed by atoms with Gasteiger partial charge in [-0.2, -0.15) is 5.10 Å². The van der Waals surface area contributed by atoms with Crippen LogP contribution < -0.4 is 15.5 Å². The zero-order chi connectivity index (χ0) is 15.7. The van der Waals surface area contributed by atoms with Gasteiger partial charge < -0.3 is 14.8 Å². The molecule has 2 N–H and O–H groups in total. The topological polar surface area (TPSA) is 89.0 Å². The van der Waals surface area contributed by atoms with Crippen LogP contribution in [0, 0.1) is 5.92 Å². The highest BCUT2D eigenvalue weighted by atomic mass is 16.6. The number of ether oxygens (including phenoxy) is 2. The van der Waals surface area contributed by atoms with Gasteiger partial charge in [-0.3, -0.25) is 4.79 Å². The number of hydrazone groups is 1. The predicted molar refractivity (Wildman–Crippen MR) is 78.7 cm³/mol. The van der Waals surface area contributed by atoms with E-state index in [4.69, 9.17) is 9.47 Å². The summed E-state index contributed by atoms with van der Waals surface area (Å²) in [6.45, 7) is 2.39. The molecule has 2 amide bonds. The van der Waals surface area contributed by atoms with Crippen LogP contribution in [0.5, 0.6) is 5.75 Å². The van der Waals surface area contributed by atoms with Crippen LogP contribution in [0.4, 0.5) is 4.79 Å². The Hall–Kier alpha value is -2.57. The molecular weight excluding hydrogens is 286 g/mol. The zero-order valence-electron chi connectivity index (χ0n) is 12.4. The molecule has 116 valence electrons. The summed E-state index contributed by atoms with van der Waals surface area (Å²) in [7, 11) is 1.58. The molecule has 0 bridgehead atoms. The first kappa shape index (κ1) is 14.4. The number of alkyl carbamates (subject to hydrolysis) is 1. The van der Waals surface area contributed by atoms with Crippen molar-refractivity contribution in [3.8, 4) is 5.75 Å². The van der Waals surface area contributed by atoms with Crippen LogP contribution in [0.3, 0.4) is 0 Å². The monoisotopic (exact) mass is 303 g/mol. The van der Waals surface area contributed by atoms with E-state index >= 15 is 0 Å². The number of cyclic esters (lactones) is 1. The largest absolute Gasteiger partial charge is 0.496 e. The molecule has 0 spiro atoms. The Morgan fingerprint density at radius 2 is 2.18 bits per heavy atom. The normalized spacial score (nSPS) is 24.2. The van der Waals surface area contributed by atoms with Crippen molar-refractivity contribution in [3.05, 3.63) is 29.3 Å². The van der Waals surface area contributed by atoms with Crippen LogP contribution in [-0.2, 0) is 9.53 Å². The highest BCUT2D eigenvalue weighted by Gasteiger charge is 2.27. The molecule has 1 aromatic rings. The molecule has 1 aromatic carbocycles. The van der Waals surface area contributed by atoms with E-state index in [0.29, 0.717) is 18.7 Å². The van der Waals surface area contributed by atoms with Gasteiger partial charge in [0.15, 0.2) is 0 Å². The minimum Gasteiger partial charge on any atom is -0.496 e. The van der Waals surface area contributed by atoms with Crippen molar-refractivity contribution in [2.45, 2.75) is 19.4 Å². The van der Waals surface area contributed by atoms with Gasteiger partial charge in [-0.25, -0.2) is 10.2 Å². The van der Waals surface area contributed by atoms with Crippen molar-refractivity contribution in [2.24, 2.45) is 11.0 Å². The molecule has 0 saturated carbocycles. The second kappa shape index (κ2) is 5.67. The molecule has 2 heterocycles. The molecule has 22 heavy (non-hydrogen) atoms. The summed E-state index contributed by atoms with van der Waals surface area (Å²) in [5.41, 5.74) is 4.97. The van der Waals surface area contributed by atoms with Crippen molar-refractivity contribution in [2.75, 3.05) is 13.7 Å². The second-order valence-electron chi connectivity index (χ2n) is 5.37. The van der Waals surface area contributed by atoms with E-state index in [-0.39, 0.29) is 17.9 Å². The Labute approximate surface area is 127 Å². The summed E-state index contributed by atoms with van der Waals surface area (Å²) in [6, 6.07) is 5.60. The van der Waals surface area contributed by atoms with E-state index in [1.807, 2.05) is 25.1 Å². The average molecular weight is 303 g/mol. The molecule has 1 fully saturated rings. The maximum Gasteiger partial charge on any atom is 0.407 e. The van der Waals surface area contributed by atoms with E-state index in [1.165, 1.54) is 0 Å². The van der Waals surface area contributed by atoms with Gasteiger partial charge in [0.25, 0.3) is 0 Å². The number of nitrogens with zero attached hydrogens (tertiary/aromatic N) is 1. The lowest BCUT2D eigenvalue weighted by Gasteiger charge is -2.21. The summed E-state index contributed by atoms with van der Waals surface area (Å²) >= 11 is 0. The van der Waals surface area contributed by atoms with Crippen molar-refractivity contribution in [3.63, 3.8) is 0 Å². The van der Waals surface area contributed by atoms with E-state index in [2.05, 4.69) is 15.8 Å². The zero-order valence-corrected chi connectivity index (χ0v) is 12.4. The van der Waals surface area contributed by atoms with Gasteiger partial charge in [0.1, 0.15) is 11.9 Å². The maximum absolute atomic E-state index is 11.4. The fourth-order valence-corrected chi connectivity index (χ4v) is 2.67. The van der Waals surface area contributed by atoms with Gasteiger partial charge in [-0.15, -0.1) is 0 Å². The number of nitrogens with one attached hydrogen (secondary N) is 2. The third-order valence-electron chi connectivity index (χ3n) is 3.81. The first-order valence-electron chi connectivity index (χ1n) is 7.07. The van der Waals surface area contributed by atoms with Gasteiger partial charge in [-0.1, -0.05) is 13.0 Å². The van der Waals surface area contributed by atoms with Crippen molar-refractivity contribution in [1.29, 1.82) is 0 Å². The van der Waals surface area contributed by atoms with Crippen LogP contribution in [0.25, 0.3) is 0 Å². The van der Waals surface area contributed by atoms with E-state index in [1.54, 1.807) is 7.11 Å². The van der Waals surface area contributed by atoms with E-state index in [9.17, 15) is 9.59 Å². The molecule has 2 unspecified atom stereocenters. The molecular formula is C15H17N3O4. The van der Waals surface area contributed by atoms with Crippen LogP contribution in [0.15, 0.2) is 23.3 Å². The molecule has 0 aliphatic carbocycles. The highest BCUT2D eigenvalue weighted by molar-refractivity contribution is 6.07. The van der Waals surface area contributed by atoms with E-state index < -0.39 is 6.09 Å². The number of hydrogen-bond donors (Lipinski definition) is 2. The molecule has 7 heteroatoms. The SMILES string of the molecule is COc1cc(C2CNC(=O)O2)ccc1C1=NNC(=O)CC1C. The Kier molecular flexibility index (Phi) is 3.70. The van der Waals surface area contributed by atoms with E-state index in [0.717, 1.165) is 16.8 Å². The Balaban J connectivity index is 1.92. The molecule has 2 aliphatic rings. The molecule has 0 radical (unpaired) electrons. The minimum absolute atomic E-state index is 0.0134. The standard InChI is InChI=1S/C15H17N3O4/c1-8-5-13(19)17-18-14(8)10-4-3-9(6-11(10)21-2)12-7-16-15(20)22-12/h3-4,6,8,12H,5,7H2,1-2H3,(H,16,20)(H,17,19). The van der Waals surface area contributed by atoms with Crippen LogP contribution in [0.1, 0.15) is 30.6 Å². The first-order chi connectivity index (χ1) is 10.6. The van der Waals surface area contributed by atoms with Gasteiger partial charge in [0.2, 0.25) is 5.91 Å². The van der Waals surface area contributed by atoms with Gasteiger partial charge in [0, 0.05) is 17.9 Å². The smallest absolute Gasteiger partial charge is 0.407 e. The lowest BCUT2D eigenvalue weighted by Crippen LogP contribution is -2.32. The molecule has 1 saturated heterocycles. The third-order valence-corrected chi connectivity index (χ3v) is 3.81. The number of rotatable bonds is 3. The summed E-state index contributed by atoms with van der Waals surface area (Å²) in [5.74, 6) is 0.567. The maximum atomic E-state index is 11.4. The lowest BCUT2D eigenvalue weighted by atomic mass is 9.92. The first-order valence-corrected chi connectivity index (χ1v) is 7.07. The van der Waals surface area contributed by atoms with Crippen molar-refractivity contribution in [1.82, 2.24) is 10.7 Å². The fourth-order valence-electron chi connectivity index (χ4n) is 2.67. The number of benzene rings is 1. The average Bonchev–Trinajstić information content (AvgIpc) is 2.93. The molecule has 2 atom stereocenters. The molecule has 0 aromatic heterocycles. The predicted octanol–water partition coefficient (Wildman–Crippen LogP) is 1.34. The van der Waals surface area contributed by atoms with Crippen LogP contribution in [-0.4, -0.2) is 31.4 Å². The third kappa shape index (κ3) is 2.61. The second-order valence-corrected chi connectivity index (χ2v) is 5.37. The van der Waals surface area contributed by atoms with Gasteiger partial charge in [0.05, 0.1) is 19.4 Å². The van der Waals surface area contributed by atoms with Crippen molar-refractivity contribution >= 4 is 17.7 Å². The highest BCUT2D eigenvalue weighted by Crippen LogP contribution is 2.30. The number of methoxy groups -OCH3 is 1. The summed E-state index contributed by atoms with van der Waals surface area (Å²) in [5, 5.41) is 6.77. The quantitative estimate of drug-likeness (QED) is 0.881. The Bertz CT molecular complexity index is 656. The fraction of sp³-hybridized carbons (Fsp3) is 0.400.